The third-order valence-corrected chi connectivity index (χ3v) is 5.38. The van der Waals surface area contributed by atoms with Gasteiger partial charge in [-0.25, -0.2) is 9.67 Å². The summed E-state index contributed by atoms with van der Waals surface area (Å²) in [6.45, 7) is 1.27. The highest BCUT2D eigenvalue weighted by molar-refractivity contribution is 7.13. The number of rotatable bonds is 4. The summed E-state index contributed by atoms with van der Waals surface area (Å²) in [5, 5.41) is 7.01. The Morgan fingerprint density at radius 3 is 2.96 bits per heavy atom. The number of nitrogens with two attached hydrogens (primary N) is 1. The third-order valence-electron chi connectivity index (χ3n) is 4.48. The van der Waals surface area contributed by atoms with Gasteiger partial charge in [-0.3, -0.25) is 4.79 Å². The van der Waals surface area contributed by atoms with Gasteiger partial charge in [-0.05, 0) is 25.0 Å². The number of benzene rings is 1. The normalized spacial score (nSPS) is 17.2. The quantitative estimate of drug-likeness (QED) is 0.782. The number of para-hydroxylation sites is 1. The number of likely N-dealkylation sites (tertiary alicyclic amines) is 1. The molecule has 0 radical (unpaired) electrons. The van der Waals surface area contributed by atoms with E-state index >= 15 is 0 Å². The molecule has 2 N–H and O–H groups in total. The summed E-state index contributed by atoms with van der Waals surface area (Å²) in [7, 11) is 0. The molecule has 6 nitrogen and oxygen atoms in total. The van der Waals surface area contributed by atoms with Gasteiger partial charge < -0.3 is 10.6 Å². The van der Waals surface area contributed by atoms with Crippen molar-refractivity contribution in [2.45, 2.75) is 18.9 Å². The fourth-order valence-electron chi connectivity index (χ4n) is 3.15. The van der Waals surface area contributed by atoms with Gasteiger partial charge in [0.2, 0.25) is 0 Å². The maximum absolute atomic E-state index is 12.7. The lowest BCUT2D eigenvalue weighted by Gasteiger charge is -2.22. The number of thiazole rings is 1. The van der Waals surface area contributed by atoms with Gasteiger partial charge in [-0.1, -0.05) is 18.2 Å². The molecule has 4 rings (SSSR count). The van der Waals surface area contributed by atoms with Crippen molar-refractivity contribution in [2.75, 3.05) is 13.1 Å². The Labute approximate surface area is 149 Å². The minimum absolute atomic E-state index is 0.0223. The molecule has 1 atom stereocenters. The second kappa shape index (κ2) is 6.78. The lowest BCUT2D eigenvalue weighted by atomic mass is 10.2. The molecule has 1 aromatic carbocycles. The first-order valence-corrected chi connectivity index (χ1v) is 9.21. The zero-order valence-corrected chi connectivity index (χ0v) is 14.5. The molecule has 1 amide bonds. The minimum atomic E-state index is -0.0223. The second-order valence-corrected chi connectivity index (χ2v) is 6.94. The molecule has 3 aromatic rings. The summed E-state index contributed by atoms with van der Waals surface area (Å²) in [6, 6.07) is 10.0. The first-order valence-electron chi connectivity index (χ1n) is 8.33. The van der Waals surface area contributed by atoms with E-state index in [4.69, 9.17) is 5.73 Å². The van der Waals surface area contributed by atoms with Crippen LogP contribution in [0.3, 0.4) is 0 Å². The van der Waals surface area contributed by atoms with Crippen LogP contribution in [0.15, 0.2) is 48.1 Å². The van der Waals surface area contributed by atoms with Crippen LogP contribution in [-0.2, 0) is 0 Å². The van der Waals surface area contributed by atoms with E-state index in [-0.39, 0.29) is 11.9 Å². The zero-order valence-electron chi connectivity index (χ0n) is 13.7. The summed E-state index contributed by atoms with van der Waals surface area (Å²) in [4.78, 5) is 19.1. The summed E-state index contributed by atoms with van der Waals surface area (Å²) in [6.07, 6.45) is 5.69. The van der Waals surface area contributed by atoms with Crippen LogP contribution >= 0.6 is 11.3 Å². The predicted molar refractivity (Wildman–Crippen MR) is 97.8 cm³/mol. The van der Waals surface area contributed by atoms with E-state index in [2.05, 4.69) is 10.1 Å². The van der Waals surface area contributed by atoms with E-state index in [1.165, 1.54) is 11.3 Å². The van der Waals surface area contributed by atoms with Crippen molar-refractivity contribution in [3.63, 3.8) is 0 Å². The SMILES string of the molecule is NC[C@H]1CCCN1C(=O)c1csc(-c2cnn(-c3ccccc3)c2)n1. The molecular formula is C18H19N5OS. The fourth-order valence-corrected chi connectivity index (χ4v) is 3.92. The Hall–Kier alpha value is -2.51. The van der Waals surface area contributed by atoms with Crippen LogP contribution in [0.5, 0.6) is 0 Å². The predicted octanol–water partition coefficient (Wildman–Crippen LogP) is 2.56. The Morgan fingerprint density at radius 2 is 2.16 bits per heavy atom. The van der Waals surface area contributed by atoms with Crippen molar-refractivity contribution >= 4 is 17.2 Å². The number of hydrogen-bond acceptors (Lipinski definition) is 5. The van der Waals surface area contributed by atoms with Gasteiger partial charge in [0.25, 0.3) is 5.91 Å². The van der Waals surface area contributed by atoms with E-state index in [0.717, 1.165) is 35.6 Å². The number of carbonyl (C=O) groups excluding carboxylic acids is 1. The van der Waals surface area contributed by atoms with Crippen molar-refractivity contribution in [1.29, 1.82) is 0 Å². The minimum Gasteiger partial charge on any atom is -0.333 e. The monoisotopic (exact) mass is 353 g/mol. The van der Waals surface area contributed by atoms with Gasteiger partial charge in [0.1, 0.15) is 10.7 Å². The maximum atomic E-state index is 12.7. The van der Waals surface area contributed by atoms with Gasteiger partial charge >= 0.3 is 0 Å². The van der Waals surface area contributed by atoms with Crippen LogP contribution in [0.1, 0.15) is 23.3 Å². The summed E-state index contributed by atoms with van der Waals surface area (Å²) in [5.74, 6) is -0.0223. The Bertz CT molecular complexity index is 872. The summed E-state index contributed by atoms with van der Waals surface area (Å²) >= 11 is 1.46. The molecule has 0 unspecified atom stereocenters. The van der Waals surface area contributed by atoms with Crippen molar-refractivity contribution < 1.29 is 4.79 Å². The molecule has 0 aliphatic carbocycles. The van der Waals surface area contributed by atoms with Crippen LogP contribution in [0.4, 0.5) is 0 Å². The van der Waals surface area contributed by atoms with Crippen molar-refractivity contribution in [3.8, 4) is 16.3 Å². The highest BCUT2D eigenvalue weighted by Crippen LogP contribution is 2.26. The topological polar surface area (TPSA) is 77.0 Å². The molecular weight excluding hydrogens is 334 g/mol. The lowest BCUT2D eigenvalue weighted by molar-refractivity contribution is 0.0736. The molecule has 128 valence electrons. The smallest absolute Gasteiger partial charge is 0.273 e. The van der Waals surface area contributed by atoms with Gasteiger partial charge in [-0.2, -0.15) is 5.10 Å². The molecule has 0 bridgehead atoms. The number of carbonyl (C=O) groups is 1. The summed E-state index contributed by atoms with van der Waals surface area (Å²) < 4.78 is 1.81. The molecule has 25 heavy (non-hydrogen) atoms. The number of nitrogens with zero attached hydrogens (tertiary/aromatic N) is 4. The Balaban J connectivity index is 1.56. The second-order valence-electron chi connectivity index (χ2n) is 6.08. The van der Waals surface area contributed by atoms with Crippen LogP contribution in [0, 0.1) is 0 Å². The van der Waals surface area contributed by atoms with Crippen molar-refractivity contribution in [2.24, 2.45) is 5.73 Å². The van der Waals surface area contributed by atoms with Gasteiger partial charge in [-0.15, -0.1) is 11.3 Å². The zero-order chi connectivity index (χ0) is 17.2. The molecule has 0 saturated carbocycles. The summed E-state index contributed by atoms with van der Waals surface area (Å²) in [5.41, 5.74) is 8.16. The van der Waals surface area contributed by atoms with Crippen LogP contribution in [0.2, 0.25) is 0 Å². The van der Waals surface area contributed by atoms with Crippen LogP contribution < -0.4 is 5.73 Å². The number of hydrogen-bond donors (Lipinski definition) is 1. The average Bonchev–Trinajstić information content (AvgIpc) is 3.41. The molecule has 1 aliphatic heterocycles. The van der Waals surface area contributed by atoms with Gasteiger partial charge in [0.05, 0.1) is 11.9 Å². The third kappa shape index (κ3) is 3.08. The van der Waals surface area contributed by atoms with E-state index in [1.54, 1.807) is 6.20 Å². The van der Waals surface area contributed by atoms with Crippen molar-refractivity contribution in [3.05, 3.63) is 53.8 Å². The van der Waals surface area contributed by atoms with E-state index in [0.29, 0.717) is 12.2 Å². The molecule has 3 heterocycles. The Kier molecular flexibility index (Phi) is 4.33. The standard InChI is InChI=1S/C18H19N5OS/c19-9-15-7-4-8-22(15)18(24)16-12-25-17(21-16)13-10-20-23(11-13)14-5-2-1-3-6-14/h1-3,5-6,10-12,15H,4,7-9,19H2/t15-/m1/s1. The molecule has 1 fully saturated rings. The molecule has 7 heteroatoms. The fraction of sp³-hybridized carbons (Fsp3) is 0.278. The first-order chi connectivity index (χ1) is 12.3. The molecule has 1 saturated heterocycles. The molecule has 0 spiro atoms. The van der Waals surface area contributed by atoms with E-state index < -0.39 is 0 Å². The lowest BCUT2D eigenvalue weighted by Crippen LogP contribution is -2.40. The largest absolute Gasteiger partial charge is 0.333 e. The highest BCUT2D eigenvalue weighted by atomic mass is 32.1. The van der Waals surface area contributed by atoms with Crippen LogP contribution in [-0.4, -0.2) is 44.7 Å². The molecule has 1 aliphatic rings. The number of aromatic nitrogens is 3. The van der Waals surface area contributed by atoms with E-state index in [1.807, 2.05) is 51.5 Å². The first kappa shape index (κ1) is 16.0. The van der Waals surface area contributed by atoms with Crippen molar-refractivity contribution in [1.82, 2.24) is 19.7 Å². The maximum Gasteiger partial charge on any atom is 0.273 e. The average molecular weight is 353 g/mol. The molecule has 2 aromatic heterocycles. The Morgan fingerprint density at radius 1 is 1.32 bits per heavy atom. The van der Waals surface area contributed by atoms with Crippen LogP contribution in [0.25, 0.3) is 16.3 Å². The number of amides is 1. The van der Waals surface area contributed by atoms with Gasteiger partial charge in [0, 0.05) is 36.3 Å². The van der Waals surface area contributed by atoms with E-state index in [9.17, 15) is 4.79 Å². The van der Waals surface area contributed by atoms with Gasteiger partial charge in [0.15, 0.2) is 0 Å². The highest BCUT2D eigenvalue weighted by Gasteiger charge is 2.29.